The molecule has 0 N–H and O–H groups in total. The normalized spacial score (nSPS) is 11.7. The van der Waals surface area contributed by atoms with Gasteiger partial charge in [0.25, 0.3) is 0 Å². The summed E-state index contributed by atoms with van der Waals surface area (Å²) in [6.45, 7) is 0. The van der Waals surface area contributed by atoms with Gasteiger partial charge in [-0.1, -0.05) is 158 Å². The van der Waals surface area contributed by atoms with E-state index in [0.29, 0.717) is 5.82 Å². The Morgan fingerprint density at radius 2 is 1.02 bits per heavy atom. The van der Waals surface area contributed by atoms with Crippen LogP contribution in [0.5, 0.6) is 0 Å². The van der Waals surface area contributed by atoms with E-state index < -0.39 is 0 Å². The topological polar surface area (TPSA) is 34.0 Å². The second kappa shape index (κ2) is 15.2. The van der Waals surface area contributed by atoms with Gasteiger partial charge >= 0.3 is 0 Å². The fraction of sp³-hybridized carbons (Fsp3) is 0. The molecule has 0 radical (unpaired) electrons. The van der Waals surface area contributed by atoms with Crippen LogP contribution in [0.1, 0.15) is 0 Å². The van der Waals surface area contributed by atoms with Gasteiger partial charge < -0.3 is 9.47 Å². The quantitative estimate of drug-likeness (QED) is 0.160. The van der Waals surface area contributed by atoms with Gasteiger partial charge in [0.15, 0.2) is 5.82 Å². The van der Waals surface area contributed by atoms with Crippen LogP contribution in [0.4, 0.5) is 17.1 Å². The average Bonchev–Trinajstić information content (AvgIpc) is 3.92. The van der Waals surface area contributed by atoms with E-state index >= 15 is 0 Å². The Balaban J connectivity index is 0.906. The molecule has 0 amide bonds. The van der Waals surface area contributed by atoms with Crippen LogP contribution in [0.3, 0.4) is 0 Å². The van der Waals surface area contributed by atoms with E-state index in [2.05, 4.69) is 222 Å². The van der Waals surface area contributed by atoms with E-state index in [-0.39, 0.29) is 0 Å². The molecule has 0 spiro atoms. The fourth-order valence-corrected chi connectivity index (χ4v) is 10.8. The van der Waals surface area contributed by atoms with Gasteiger partial charge in [0.1, 0.15) is 0 Å². The Bertz CT molecular complexity index is 3940. The van der Waals surface area contributed by atoms with E-state index in [9.17, 15) is 0 Å². The molecule has 5 heteroatoms. The van der Waals surface area contributed by atoms with Crippen molar-refractivity contribution >= 4 is 92.1 Å². The molecule has 0 atom stereocenters. The highest BCUT2D eigenvalue weighted by Crippen LogP contribution is 2.44. The van der Waals surface area contributed by atoms with Crippen molar-refractivity contribution in [1.29, 1.82) is 0 Å². The standard InChI is InChI=1S/C60H38N4S/c1-2-14-41(15-3-1)59-51-20-6-9-21-53(51)61-60(62-59)42-27-25-39(26-28-42)43-29-35-49-48-18-7-10-22-55(48)64(56(49)37-43)45-32-30-44(31-33-45)63(54-23-12-16-40-13-4-5-17-47(40)54)46-34-36-58-52(38-46)50-19-8-11-24-57(50)65-58/h1-38H. The van der Waals surface area contributed by atoms with E-state index in [1.165, 1.54) is 47.2 Å². The van der Waals surface area contributed by atoms with Crippen LogP contribution in [0.15, 0.2) is 231 Å². The van der Waals surface area contributed by atoms with Crippen LogP contribution in [0.25, 0.3) is 103 Å². The third-order valence-corrected chi connectivity index (χ3v) is 13.9. The zero-order valence-corrected chi connectivity index (χ0v) is 36.0. The third kappa shape index (κ3) is 6.28. The second-order valence-corrected chi connectivity index (χ2v) is 17.7. The van der Waals surface area contributed by atoms with Gasteiger partial charge in [0.2, 0.25) is 0 Å². The predicted molar refractivity (Wildman–Crippen MR) is 275 cm³/mol. The first-order valence-electron chi connectivity index (χ1n) is 22.0. The van der Waals surface area contributed by atoms with Gasteiger partial charge in [-0.3, -0.25) is 0 Å². The summed E-state index contributed by atoms with van der Waals surface area (Å²) in [7, 11) is 0. The molecule has 304 valence electrons. The van der Waals surface area contributed by atoms with Crippen molar-refractivity contribution in [2.75, 3.05) is 4.90 Å². The molecule has 0 bridgehead atoms. The summed E-state index contributed by atoms with van der Waals surface area (Å²) >= 11 is 1.85. The molecule has 3 aromatic heterocycles. The summed E-state index contributed by atoms with van der Waals surface area (Å²) in [5.41, 5.74) is 13.0. The molecule has 0 aliphatic rings. The van der Waals surface area contributed by atoms with Crippen molar-refractivity contribution in [3.05, 3.63) is 231 Å². The minimum atomic E-state index is 0.715. The Kier molecular flexibility index (Phi) is 8.68. The third-order valence-electron chi connectivity index (χ3n) is 12.8. The summed E-state index contributed by atoms with van der Waals surface area (Å²) in [4.78, 5) is 12.5. The average molecular weight is 847 g/mol. The van der Waals surface area contributed by atoms with Crippen LogP contribution in [0, 0.1) is 0 Å². The molecule has 4 nitrogen and oxygen atoms in total. The zero-order valence-electron chi connectivity index (χ0n) is 35.1. The van der Waals surface area contributed by atoms with Crippen molar-refractivity contribution in [2.45, 2.75) is 0 Å². The molecule has 13 aromatic rings. The van der Waals surface area contributed by atoms with Gasteiger partial charge in [0, 0.05) is 69.9 Å². The first-order valence-corrected chi connectivity index (χ1v) is 22.8. The summed E-state index contributed by atoms with van der Waals surface area (Å²) in [5.74, 6) is 0.715. The maximum atomic E-state index is 5.12. The van der Waals surface area contributed by atoms with Crippen molar-refractivity contribution in [2.24, 2.45) is 0 Å². The molecule has 65 heavy (non-hydrogen) atoms. The molecule has 0 aliphatic heterocycles. The maximum Gasteiger partial charge on any atom is 0.160 e. The molecule has 0 saturated carbocycles. The Hall–Kier alpha value is -8.38. The van der Waals surface area contributed by atoms with E-state index in [1.807, 2.05) is 29.5 Å². The molecule has 0 unspecified atom stereocenters. The van der Waals surface area contributed by atoms with Crippen LogP contribution in [-0.2, 0) is 0 Å². The number of nitrogens with zero attached hydrogens (tertiary/aromatic N) is 4. The summed E-state index contributed by atoms with van der Waals surface area (Å²) in [6, 6.07) is 82.9. The highest BCUT2D eigenvalue weighted by molar-refractivity contribution is 7.25. The number of fused-ring (bicyclic) bond motifs is 8. The molecule has 13 rings (SSSR count). The number of anilines is 3. The number of rotatable bonds is 7. The van der Waals surface area contributed by atoms with E-state index in [1.54, 1.807) is 0 Å². The molecular weight excluding hydrogens is 809 g/mol. The van der Waals surface area contributed by atoms with Crippen LogP contribution in [-0.4, -0.2) is 14.5 Å². The van der Waals surface area contributed by atoms with Crippen LogP contribution < -0.4 is 4.90 Å². The largest absolute Gasteiger partial charge is 0.310 e. The monoisotopic (exact) mass is 846 g/mol. The lowest BCUT2D eigenvalue weighted by atomic mass is 10.0. The molecular formula is C60H38N4S. The number of hydrogen-bond acceptors (Lipinski definition) is 4. The molecule has 0 saturated heterocycles. The highest BCUT2D eigenvalue weighted by atomic mass is 32.1. The number of thiophene rings is 1. The van der Waals surface area contributed by atoms with E-state index in [0.717, 1.165) is 67.1 Å². The van der Waals surface area contributed by atoms with Gasteiger partial charge in [-0.2, -0.15) is 0 Å². The van der Waals surface area contributed by atoms with E-state index in [4.69, 9.17) is 9.97 Å². The van der Waals surface area contributed by atoms with Gasteiger partial charge in [-0.15, -0.1) is 11.3 Å². The SMILES string of the molecule is c1ccc(-c2nc(-c3ccc(-c4ccc5c6ccccc6n(-c6ccc(N(c7ccc8sc9ccccc9c8c7)c7cccc8ccccc78)cc6)c5c4)cc3)nc3ccccc23)cc1. The first kappa shape index (κ1) is 37.2. The van der Waals surface area contributed by atoms with Crippen molar-refractivity contribution in [3.8, 4) is 39.5 Å². The van der Waals surface area contributed by atoms with Gasteiger partial charge in [-0.05, 0) is 89.3 Å². The molecule has 0 fully saturated rings. The minimum absolute atomic E-state index is 0.715. The number of para-hydroxylation sites is 2. The molecule has 10 aromatic carbocycles. The fourth-order valence-electron chi connectivity index (χ4n) is 9.70. The lowest BCUT2D eigenvalue weighted by molar-refractivity contribution is 1.17. The summed E-state index contributed by atoms with van der Waals surface area (Å²) in [6.07, 6.45) is 0. The van der Waals surface area contributed by atoms with Crippen LogP contribution in [0.2, 0.25) is 0 Å². The highest BCUT2D eigenvalue weighted by Gasteiger charge is 2.19. The van der Waals surface area contributed by atoms with Crippen molar-refractivity contribution in [3.63, 3.8) is 0 Å². The Labute approximate surface area is 379 Å². The number of benzene rings is 10. The molecule has 0 aliphatic carbocycles. The Morgan fingerprint density at radius 3 is 1.88 bits per heavy atom. The lowest BCUT2D eigenvalue weighted by Crippen LogP contribution is -2.10. The molecule has 3 heterocycles. The van der Waals surface area contributed by atoms with Gasteiger partial charge in [0.05, 0.1) is 27.9 Å². The predicted octanol–water partition coefficient (Wildman–Crippen LogP) is 16.7. The van der Waals surface area contributed by atoms with Crippen molar-refractivity contribution in [1.82, 2.24) is 14.5 Å². The van der Waals surface area contributed by atoms with Crippen molar-refractivity contribution < 1.29 is 0 Å². The zero-order chi connectivity index (χ0) is 42.8. The number of hydrogen-bond donors (Lipinski definition) is 0. The minimum Gasteiger partial charge on any atom is -0.310 e. The second-order valence-electron chi connectivity index (χ2n) is 16.6. The number of aromatic nitrogens is 3. The van der Waals surface area contributed by atoms with Crippen LogP contribution >= 0.6 is 11.3 Å². The smallest absolute Gasteiger partial charge is 0.160 e. The summed E-state index contributed by atoms with van der Waals surface area (Å²) < 4.78 is 5.01. The summed E-state index contributed by atoms with van der Waals surface area (Å²) in [5, 5.41) is 8.48. The van der Waals surface area contributed by atoms with Gasteiger partial charge in [-0.25, -0.2) is 9.97 Å². The lowest BCUT2D eigenvalue weighted by Gasteiger charge is -2.27. The first-order chi connectivity index (χ1) is 32.2. The maximum absolute atomic E-state index is 5.12. The Morgan fingerprint density at radius 1 is 0.369 bits per heavy atom.